The second-order valence-electron chi connectivity index (χ2n) is 6.43. The summed E-state index contributed by atoms with van der Waals surface area (Å²) in [7, 11) is -3.53. The normalized spacial score (nSPS) is 15.3. The van der Waals surface area contributed by atoms with Gasteiger partial charge in [0.1, 0.15) is 0 Å². The molecule has 1 aliphatic heterocycles. The average molecular weight is 454 g/mol. The summed E-state index contributed by atoms with van der Waals surface area (Å²) < 4.78 is 27.7. The molecule has 2 heterocycles. The second-order valence-corrected chi connectivity index (χ2v) is 10.6. The number of nitrogens with one attached hydrogen (secondary N) is 1. The molecular formula is C18H23N5O3S3. The van der Waals surface area contributed by atoms with Crippen LogP contribution in [0, 0.1) is 6.92 Å². The third kappa shape index (κ3) is 5.56. The van der Waals surface area contributed by atoms with Crippen LogP contribution in [0.2, 0.25) is 0 Å². The lowest BCUT2D eigenvalue weighted by atomic mass is 10.2. The van der Waals surface area contributed by atoms with Gasteiger partial charge < -0.3 is 10.2 Å². The summed E-state index contributed by atoms with van der Waals surface area (Å²) in [6.45, 7) is 7.50. The molecule has 3 rings (SSSR count). The number of rotatable bonds is 8. The SMILES string of the molecule is C=CCNc1nnc(SCC(=O)N2CCN(S(=O)(=O)c3ccc(C)cc3)CC2)s1. The Morgan fingerprint density at radius 2 is 1.93 bits per heavy atom. The number of hydrogen-bond donors (Lipinski definition) is 1. The molecule has 0 atom stereocenters. The zero-order valence-electron chi connectivity index (χ0n) is 16.1. The maximum absolute atomic E-state index is 12.8. The number of nitrogens with zero attached hydrogens (tertiary/aromatic N) is 4. The van der Waals surface area contributed by atoms with Crippen molar-refractivity contribution in [3.63, 3.8) is 0 Å². The van der Waals surface area contributed by atoms with E-state index in [-0.39, 0.29) is 16.6 Å². The Balaban J connectivity index is 1.49. The van der Waals surface area contributed by atoms with E-state index < -0.39 is 10.0 Å². The summed E-state index contributed by atoms with van der Waals surface area (Å²) in [6.07, 6.45) is 1.73. The molecule has 0 spiro atoms. The highest BCUT2D eigenvalue weighted by molar-refractivity contribution is 8.01. The second kappa shape index (κ2) is 9.70. The summed E-state index contributed by atoms with van der Waals surface area (Å²) in [5.41, 5.74) is 1.01. The van der Waals surface area contributed by atoms with Crippen molar-refractivity contribution in [1.29, 1.82) is 0 Å². The van der Waals surface area contributed by atoms with Crippen molar-refractivity contribution in [2.75, 3.05) is 43.8 Å². The van der Waals surface area contributed by atoms with Gasteiger partial charge in [0, 0.05) is 32.7 Å². The van der Waals surface area contributed by atoms with E-state index in [1.165, 1.54) is 27.4 Å². The maximum Gasteiger partial charge on any atom is 0.243 e. The van der Waals surface area contributed by atoms with E-state index in [1.54, 1.807) is 35.2 Å². The van der Waals surface area contributed by atoms with E-state index in [9.17, 15) is 13.2 Å². The fourth-order valence-electron chi connectivity index (χ4n) is 2.75. The van der Waals surface area contributed by atoms with Crippen molar-refractivity contribution in [1.82, 2.24) is 19.4 Å². The van der Waals surface area contributed by atoms with Gasteiger partial charge in [-0.3, -0.25) is 4.79 Å². The van der Waals surface area contributed by atoms with Gasteiger partial charge in [-0.1, -0.05) is 46.9 Å². The van der Waals surface area contributed by atoms with Crippen molar-refractivity contribution >= 4 is 44.2 Å². The van der Waals surface area contributed by atoms with E-state index in [4.69, 9.17) is 0 Å². The Labute approximate surface area is 179 Å². The number of anilines is 1. The fourth-order valence-corrected chi connectivity index (χ4v) is 5.83. The average Bonchev–Trinajstić information content (AvgIpc) is 3.18. The monoisotopic (exact) mass is 453 g/mol. The quantitative estimate of drug-likeness (QED) is 0.483. The number of hydrogen-bond acceptors (Lipinski definition) is 8. The molecule has 1 aromatic carbocycles. The summed E-state index contributed by atoms with van der Waals surface area (Å²) in [6, 6.07) is 6.82. The highest BCUT2D eigenvalue weighted by Gasteiger charge is 2.30. The molecule has 0 radical (unpaired) electrons. The van der Waals surface area contributed by atoms with E-state index >= 15 is 0 Å². The van der Waals surface area contributed by atoms with E-state index in [0.717, 1.165) is 5.56 Å². The summed E-state index contributed by atoms with van der Waals surface area (Å²) >= 11 is 2.72. The van der Waals surface area contributed by atoms with E-state index in [2.05, 4.69) is 22.1 Å². The number of aromatic nitrogens is 2. The molecule has 0 unspecified atom stereocenters. The Kier molecular flexibility index (Phi) is 7.28. The number of carbonyl (C=O) groups excluding carboxylic acids is 1. The molecule has 0 bridgehead atoms. The minimum Gasteiger partial charge on any atom is -0.357 e. The van der Waals surface area contributed by atoms with Gasteiger partial charge in [0.2, 0.25) is 21.1 Å². The smallest absolute Gasteiger partial charge is 0.243 e. The van der Waals surface area contributed by atoms with Crippen molar-refractivity contribution in [3.8, 4) is 0 Å². The molecule has 2 aromatic rings. The first kappa shape index (κ1) is 21.8. The zero-order valence-corrected chi connectivity index (χ0v) is 18.5. The standard InChI is InChI=1S/C18H23N5O3S3/c1-3-8-19-17-20-21-18(28-17)27-13-16(24)22-9-11-23(12-10-22)29(25,26)15-6-4-14(2)5-7-15/h3-7H,1,8-13H2,2H3,(H,19,20). The van der Waals surface area contributed by atoms with Crippen molar-refractivity contribution in [2.24, 2.45) is 0 Å². The molecule has 29 heavy (non-hydrogen) atoms. The van der Waals surface area contributed by atoms with Crippen LogP contribution in [0.1, 0.15) is 5.56 Å². The Morgan fingerprint density at radius 3 is 2.59 bits per heavy atom. The Hall–Kier alpha value is -1.95. The van der Waals surface area contributed by atoms with E-state index in [1.807, 2.05) is 6.92 Å². The van der Waals surface area contributed by atoms with Crippen LogP contribution in [0.5, 0.6) is 0 Å². The number of piperazine rings is 1. The van der Waals surface area contributed by atoms with Crippen LogP contribution in [0.25, 0.3) is 0 Å². The van der Waals surface area contributed by atoms with Crippen LogP contribution in [0.3, 0.4) is 0 Å². The third-order valence-corrected chi connectivity index (χ3v) is 8.29. The van der Waals surface area contributed by atoms with E-state index in [0.29, 0.717) is 42.2 Å². The number of aryl methyl sites for hydroxylation is 1. The predicted octanol–water partition coefficient (Wildman–Crippen LogP) is 2.07. The molecule has 1 fully saturated rings. The largest absolute Gasteiger partial charge is 0.357 e. The van der Waals surface area contributed by atoms with Gasteiger partial charge in [0.15, 0.2) is 4.34 Å². The van der Waals surface area contributed by atoms with Gasteiger partial charge in [-0.2, -0.15) is 4.31 Å². The molecule has 0 aliphatic carbocycles. The summed E-state index contributed by atoms with van der Waals surface area (Å²) in [5, 5.41) is 11.8. The van der Waals surface area contributed by atoms with Crippen LogP contribution in [-0.4, -0.2) is 72.2 Å². The summed E-state index contributed by atoms with van der Waals surface area (Å²) in [5.74, 6) is 0.221. The highest BCUT2D eigenvalue weighted by atomic mass is 32.2. The van der Waals surface area contributed by atoms with Crippen LogP contribution in [-0.2, 0) is 14.8 Å². The molecule has 8 nitrogen and oxygen atoms in total. The topological polar surface area (TPSA) is 95.5 Å². The molecular weight excluding hydrogens is 430 g/mol. The highest BCUT2D eigenvalue weighted by Crippen LogP contribution is 2.26. The van der Waals surface area contributed by atoms with Gasteiger partial charge in [0.05, 0.1) is 10.6 Å². The Morgan fingerprint density at radius 1 is 1.24 bits per heavy atom. The number of amides is 1. The van der Waals surface area contributed by atoms with Gasteiger partial charge in [0.25, 0.3) is 0 Å². The third-order valence-electron chi connectivity index (χ3n) is 4.37. The molecule has 1 amide bonds. The number of sulfonamides is 1. The van der Waals surface area contributed by atoms with Crippen LogP contribution in [0.4, 0.5) is 5.13 Å². The fraction of sp³-hybridized carbons (Fsp3) is 0.389. The lowest BCUT2D eigenvalue weighted by Gasteiger charge is -2.34. The predicted molar refractivity (Wildman–Crippen MR) is 116 cm³/mol. The maximum atomic E-state index is 12.8. The zero-order chi connectivity index (χ0) is 20.9. The van der Waals surface area contributed by atoms with Gasteiger partial charge >= 0.3 is 0 Å². The van der Waals surface area contributed by atoms with Crippen LogP contribution in [0.15, 0.2) is 46.2 Å². The number of carbonyl (C=O) groups is 1. The summed E-state index contributed by atoms with van der Waals surface area (Å²) in [4.78, 5) is 14.5. The van der Waals surface area contributed by atoms with Crippen LogP contribution >= 0.6 is 23.1 Å². The first-order valence-electron chi connectivity index (χ1n) is 9.06. The van der Waals surface area contributed by atoms with Crippen molar-refractivity contribution in [3.05, 3.63) is 42.5 Å². The Bertz CT molecular complexity index is 951. The number of thioether (sulfide) groups is 1. The first-order chi connectivity index (χ1) is 13.9. The van der Waals surface area contributed by atoms with Gasteiger partial charge in [-0.25, -0.2) is 8.42 Å². The molecule has 1 aromatic heterocycles. The minimum absolute atomic E-state index is 0.0295. The number of benzene rings is 1. The molecule has 1 N–H and O–H groups in total. The molecule has 11 heteroatoms. The molecule has 0 saturated carbocycles. The van der Waals surface area contributed by atoms with Crippen molar-refractivity contribution < 1.29 is 13.2 Å². The molecule has 1 saturated heterocycles. The lowest BCUT2D eigenvalue weighted by Crippen LogP contribution is -2.50. The minimum atomic E-state index is -3.53. The lowest BCUT2D eigenvalue weighted by molar-refractivity contribution is -0.129. The first-order valence-corrected chi connectivity index (χ1v) is 12.3. The van der Waals surface area contributed by atoms with Crippen LogP contribution < -0.4 is 5.32 Å². The van der Waals surface area contributed by atoms with Gasteiger partial charge in [-0.05, 0) is 19.1 Å². The van der Waals surface area contributed by atoms with Gasteiger partial charge in [-0.15, -0.1) is 16.8 Å². The molecule has 156 valence electrons. The van der Waals surface area contributed by atoms with Crippen molar-refractivity contribution in [2.45, 2.75) is 16.2 Å². The molecule has 1 aliphatic rings.